The first-order valence-electron chi connectivity index (χ1n) is 8.30. The molecule has 6 heteroatoms. The molecule has 5 nitrogen and oxygen atoms in total. The van der Waals surface area contributed by atoms with Crippen LogP contribution >= 0.6 is 0 Å². The van der Waals surface area contributed by atoms with E-state index in [0.717, 1.165) is 25.2 Å². The summed E-state index contributed by atoms with van der Waals surface area (Å²) in [6, 6.07) is 6.88. The summed E-state index contributed by atoms with van der Waals surface area (Å²) in [4.78, 5) is 16.5. The number of amides is 1. The van der Waals surface area contributed by atoms with Gasteiger partial charge in [-0.05, 0) is 17.7 Å². The molecule has 2 aliphatic rings. The molecule has 23 heavy (non-hydrogen) atoms. The normalized spacial score (nSPS) is 23.0. The molecule has 1 unspecified atom stereocenters. The van der Waals surface area contributed by atoms with E-state index >= 15 is 0 Å². The van der Waals surface area contributed by atoms with Crippen LogP contribution in [0.2, 0.25) is 0 Å². The molecule has 0 spiro atoms. The minimum absolute atomic E-state index is 0.122. The van der Waals surface area contributed by atoms with Crippen LogP contribution in [0.25, 0.3) is 0 Å². The van der Waals surface area contributed by atoms with Crippen LogP contribution < -0.4 is 5.32 Å². The Morgan fingerprint density at radius 2 is 2.13 bits per heavy atom. The number of benzene rings is 1. The number of morpholine rings is 1. The Balaban J connectivity index is 1.59. The van der Waals surface area contributed by atoms with E-state index in [1.54, 1.807) is 12.1 Å². The van der Waals surface area contributed by atoms with Gasteiger partial charge in [-0.3, -0.25) is 9.69 Å². The second kappa shape index (κ2) is 7.86. The number of carbonyl (C=O) groups is 1. The molecule has 2 heterocycles. The van der Waals surface area contributed by atoms with E-state index in [4.69, 9.17) is 4.74 Å². The van der Waals surface area contributed by atoms with Crippen LogP contribution in [0.15, 0.2) is 24.3 Å². The third kappa shape index (κ3) is 4.28. The predicted molar refractivity (Wildman–Crippen MR) is 85.6 cm³/mol. The average Bonchev–Trinajstić information content (AvgIpc) is 2.60. The van der Waals surface area contributed by atoms with Crippen molar-refractivity contribution in [3.8, 4) is 0 Å². The van der Waals surface area contributed by atoms with E-state index in [2.05, 4.69) is 10.2 Å². The molecule has 1 aromatic carbocycles. The number of piperazine rings is 1. The van der Waals surface area contributed by atoms with Gasteiger partial charge in [0, 0.05) is 51.7 Å². The van der Waals surface area contributed by atoms with Crippen molar-refractivity contribution >= 4 is 5.91 Å². The van der Waals surface area contributed by atoms with E-state index in [1.165, 1.54) is 6.07 Å². The molecular formula is C17H24FN3O2. The lowest BCUT2D eigenvalue weighted by Gasteiger charge is -2.37. The Hall–Kier alpha value is -1.50. The minimum atomic E-state index is -0.211. The molecule has 1 N–H and O–H groups in total. The van der Waals surface area contributed by atoms with Gasteiger partial charge in [-0.1, -0.05) is 12.1 Å². The molecule has 0 aromatic heterocycles. The van der Waals surface area contributed by atoms with Crippen LogP contribution in [-0.4, -0.2) is 68.2 Å². The second-order valence-corrected chi connectivity index (χ2v) is 6.05. The van der Waals surface area contributed by atoms with Crippen LogP contribution in [0.4, 0.5) is 4.39 Å². The molecular weight excluding hydrogens is 297 g/mol. The standard InChI is InChI=1S/C17H24FN3O2/c18-15-3-1-2-14(12-15)16-13-19-5-7-20(16)6-4-17(22)21-8-10-23-11-9-21/h1-3,12,16,19H,4-11,13H2. The number of carbonyl (C=O) groups excluding carboxylic acids is 1. The monoisotopic (exact) mass is 321 g/mol. The molecule has 0 aliphatic carbocycles. The van der Waals surface area contributed by atoms with Gasteiger partial charge in [0.2, 0.25) is 5.91 Å². The van der Waals surface area contributed by atoms with Crippen LogP contribution in [0.3, 0.4) is 0 Å². The Bertz CT molecular complexity index is 534. The maximum Gasteiger partial charge on any atom is 0.224 e. The van der Waals surface area contributed by atoms with Crippen LogP contribution in [0.1, 0.15) is 18.0 Å². The Morgan fingerprint density at radius 3 is 2.91 bits per heavy atom. The molecule has 1 atom stereocenters. The molecule has 2 aliphatic heterocycles. The Kier molecular flexibility index (Phi) is 5.59. The van der Waals surface area contributed by atoms with Gasteiger partial charge < -0.3 is 15.0 Å². The SMILES string of the molecule is O=C(CCN1CCNCC1c1cccc(F)c1)N1CCOCC1. The van der Waals surface area contributed by atoms with E-state index < -0.39 is 0 Å². The van der Waals surface area contributed by atoms with Crippen molar-refractivity contribution in [1.29, 1.82) is 0 Å². The third-order valence-electron chi connectivity index (χ3n) is 4.56. The lowest BCUT2D eigenvalue weighted by Crippen LogP contribution is -2.48. The smallest absolute Gasteiger partial charge is 0.224 e. The van der Waals surface area contributed by atoms with Crippen molar-refractivity contribution in [2.75, 3.05) is 52.5 Å². The summed E-state index contributed by atoms with van der Waals surface area (Å²) in [5.74, 6) is -0.0257. The summed E-state index contributed by atoms with van der Waals surface area (Å²) in [6.45, 7) is 5.90. The van der Waals surface area contributed by atoms with Crippen molar-refractivity contribution in [3.63, 3.8) is 0 Å². The van der Waals surface area contributed by atoms with Crippen molar-refractivity contribution in [2.24, 2.45) is 0 Å². The summed E-state index contributed by atoms with van der Waals surface area (Å²) >= 11 is 0. The Morgan fingerprint density at radius 1 is 1.30 bits per heavy atom. The molecule has 2 saturated heterocycles. The fourth-order valence-electron chi connectivity index (χ4n) is 3.27. The predicted octanol–water partition coefficient (Wildman–Crippen LogP) is 1.02. The number of halogens is 1. The third-order valence-corrected chi connectivity index (χ3v) is 4.56. The van der Waals surface area contributed by atoms with Gasteiger partial charge in [-0.2, -0.15) is 0 Å². The van der Waals surface area contributed by atoms with Crippen molar-refractivity contribution < 1.29 is 13.9 Å². The molecule has 0 radical (unpaired) electrons. The first-order valence-corrected chi connectivity index (χ1v) is 8.30. The molecule has 1 aromatic rings. The van der Waals surface area contributed by atoms with Gasteiger partial charge in [-0.25, -0.2) is 4.39 Å². The number of nitrogens with zero attached hydrogens (tertiary/aromatic N) is 2. The van der Waals surface area contributed by atoms with Gasteiger partial charge >= 0.3 is 0 Å². The lowest BCUT2D eigenvalue weighted by atomic mass is 10.0. The van der Waals surface area contributed by atoms with Crippen molar-refractivity contribution in [3.05, 3.63) is 35.6 Å². The van der Waals surface area contributed by atoms with E-state index in [1.807, 2.05) is 11.0 Å². The highest BCUT2D eigenvalue weighted by Crippen LogP contribution is 2.23. The molecule has 0 saturated carbocycles. The van der Waals surface area contributed by atoms with E-state index in [0.29, 0.717) is 39.3 Å². The largest absolute Gasteiger partial charge is 0.378 e. The number of hydrogen-bond donors (Lipinski definition) is 1. The zero-order valence-corrected chi connectivity index (χ0v) is 13.3. The second-order valence-electron chi connectivity index (χ2n) is 6.05. The minimum Gasteiger partial charge on any atom is -0.378 e. The highest BCUT2D eigenvalue weighted by atomic mass is 19.1. The van der Waals surface area contributed by atoms with Crippen LogP contribution in [0.5, 0.6) is 0 Å². The van der Waals surface area contributed by atoms with Crippen molar-refractivity contribution in [1.82, 2.24) is 15.1 Å². The van der Waals surface area contributed by atoms with Gasteiger partial charge in [0.1, 0.15) is 5.82 Å². The number of ether oxygens (including phenoxy) is 1. The maximum atomic E-state index is 13.5. The summed E-state index contributed by atoms with van der Waals surface area (Å²) in [7, 11) is 0. The van der Waals surface area contributed by atoms with Gasteiger partial charge in [-0.15, -0.1) is 0 Å². The summed E-state index contributed by atoms with van der Waals surface area (Å²) in [5.41, 5.74) is 0.969. The summed E-state index contributed by atoms with van der Waals surface area (Å²) < 4.78 is 18.8. The number of rotatable bonds is 4. The van der Waals surface area contributed by atoms with E-state index in [9.17, 15) is 9.18 Å². The zero-order chi connectivity index (χ0) is 16.1. The zero-order valence-electron chi connectivity index (χ0n) is 13.3. The fourth-order valence-corrected chi connectivity index (χ4v) is 3.27. The molecule has 3 rings (SSSR count). The average molecular weight is 321 g/mol. The van der Waals surface area contributed by atoms with Crippen LogP contribution in [0, 0.1) is 5.82 Å². The van der Waals surface area contributed by atoms with Gasteiger partial charge in [0.05, 0.1) is 13.2 Å². The summed E-state index contributed by atoms with van der Waals surface area (Å²) in [5, 5.41) is 3.36. The first kappa shape index (κ1) is 16.4. The van der Waals surface area contributed by atoms with Crippen molar-refractivity contribution in [2.45, 2.75) is 12.5 Å². The van der Waals surface area contributed by atoms with Crippen LogP contribution in [-0.2, 0) is 9.53 Å². The molecule has 0 bridgehead atoms. The molecule has 126 valence electrons. The first-order chi connectivity index (χ1) is 11.2. The number of nitrogens with one attached hydrogen (secondary N) is 1. The van der Waals surface area contributed by atoms with Gasteiger partial charge in [0.15, 0.2) is 0 Å². The highest BCUT2D eigenvalue weighted by molar-refractivity contribution is 5.76. The fraction of sp³-hybridized carbons (Fsp3) is 0.588. The number of hydrogen-bond acceptors (Lipinski definition) is 4. The summed E-state index contributed by atoms with van der Waals surface area (Å²) in [6.07, 6.45) is 0.506. The molecule has 1 amide bonds. The topological polar surface area (TPSA) is 44.8 Å². The Labute approximate surface area is 136 Å². The van der Waals surface area contributed by atoms with E-state index in [-0.39, 0.29) is 17.8 Å². The quantitative estimate of drug-likeness (QED) is 0.899. The highest BCUT2D eigenvalue weighted by Gasteiger charge is 2.25. The maximum absolute atomic E-state index is 13.5. The lowest BCUT2D eigenvalue weighted by molar-refractivity contribution is -0.135. The van der Waals surface area contributed by atoms with Gasteiger partial charge in [0.25, 0.3) is 0 Å². The molecule has 2 fully saturated rings.